The van der Waals surface area contributed by atoms with E-state index in [9.17, 15) is 12.8 Å². The number of aryl methyl sites for hydroxylation is 1. The molecule has 2 heterocycles. The van der Waals surface area contributed by atoms with E-state index in [1.165, 1.54) is 24.5 Å². The molecule has 2 aromatic heterocycles. The first-order chi connectivity index (χ1) is 12.9. The molecule has 0 amide bonds. The van der Waals surface area contributed by atoms with Crippen LogP contribution < -0.4 is 10.0 Å². The lowest BCUT2D eigenvalue weighted by molar-refractivity contribution is 0.581. The van der Waals surface area contributed by atoms with Crippen molar-refractivity contribution in [3.63, 3.8) is 0 Å². The van der Waals surface area contributed by atoms with Crippen LogP contribution in [0.15, 0.2) is 49.1 Å². The second-order valence-electron chi connectivity index (χ2n) is 5.82. The molecule has 0 aliphatic carbocycles. The van der Waals surface area contributed by atoms with Gasteiger partial charge in [-0.15, -0.1) is 0 Å². The summed E-state index contributed by atoms with van der Waals surface area (Å²) in [5.41, 5.74) is 0.395. The number of sulfonamides is 1. The number of benzene rings is 1. The van der Waals surface area contributed by atoms with E-state index in [1.807, 2.05) is 11.5 Å². The Bertz CT molecular complexity index is 1020. The molecule has 0 aliphatic heterocycles. The van der Waals surface area contributed by atoms with Crippen molar-refractivity contribution in [2.45, 2.75) is 12.7 Å². The van der Waals surface area contributed by atoms with Crippen LogP contribution in [0.2, 0.25) is 0 Å². The maximum Gasteiger partial charge on any atom is 0.215 e. The van der Waals surface area contributed by atoms with Gasteiger partial charge in [0, 0.05) is 31.5 Å². The maximum absolute atomic E-state index is 13.2. The van der Waals surface area contributed by atoms with E-state index < -0.39 is 15.8 Å². The molecule has 10 heteroatoms. The first-order valence-electron chi connectivity index (χ1n) is 8.21. The van der Waals surface area contributed by atoms with Crippen molar-refractivity contribution in [3.05, 3.63) is 66.3 Å². The fraction of sp³-hybridized carbons (Fsp3) is 0.235. The van der Waals surface area contributed by atoms with Gasteiger partial charge < -0.3 is 5.32 Å². The molecule has 1 aromatic carbocycles. The summed E-state index contributed by atoms with van der Waals surface area (Å²) >= 11 is 0. The molecule has 142 valence electrons. The molecule has 3 rings (SSSR count). The third kappa shape index (κ3) is 5.31. The van der Waals surface area contributed by atoms with Crippen LogP contribution in [0, 0.1) is 12.7 Å². The Morgan fingerprint density at radius 2 is 2.00 bits per heavy atom. The van der Waals surface area contributed by atoms with E-state index in [4.69, 9.17) is 0 Å². The molecule has 0 aliphatic rings. The minimum atomic E-state index is -3.56. The predicted molar refractivity (Wildman–Crippen MR) is 99.4 cm³/mol. The van der Waals surface area contributed by atoms with Gasteiger partial charge in [0.1, 0.15) is 29.6 Å². The van der Waals surface area contributed by atoms with Crippen molar-refractivity contribution < 1.29 is 12.8 Å². The Hall–Kier alpha value is -2.85. The molecular formula is C17H19FN6O2S. The van der Waals surface area contributed by atoms with E-state index in [-0.39, 0.29) is 12.3 Å². The molecule has 8 nitrogen and oxygen atoms in total. The van der Waals surface area contributed by atoms with Gasteiger partial charge in [0.25, 0.3) is 0 Å². The van der Waals surface area contributed by atoms with E-state index in [0.717, 1.165) is 5.82 Å². The van der Waals surface area contributed by atoms with Crippen molar-refractivity contribution in [2.24, 2.45) is 0 Å². The summed E-state index contributed by atoms with van der Waals surface area (Å²) in [7, 11) is -3.56. The average molecular weight is 390 g/mol. The smallest absolute Gasteiger partial charge is 0.215 e. The number of nitrogens with one attached hydrogen (secondary N) is 2. The predicted octanol–water partition coefficient (Wildman–Crippen LogP) is 1.64. The number of aromatic nitrogens is 4. The van der Waals surface area contributed by atoms with Crippen LogP contribution in [0.3, 0.4) is 0 Å². The molecule has 0 radical (unpaired) electrons. The Kier molecular flexibility index (Phi) is 5.77. The summed E-state index contributed by atoms with van der Waals surface area (Å²) in [4.78, 5) is 12.5. The van der Waals surface area contributed by atoms with Gasteiger partial charge in [-0.1, -0.05) is 12.1 Å². The number of anilines is 1. The molecular weight excluding hydrogens is 371 g/mol. The van der Waals surface area contributed by atoms with Crippen LogP contribution in [-0.2, 0) is 15.8 Å². The van der Waals surface area contributed by atoms with Crippen molar-refractivity contribution in [1.29, 1.82) is 0 Å². The number of hydrogen-bond acceptors (Lipinski definition) is 6. The van der Waals surface area contributed by atoms with Gasteiger partial charge in [-0.05, 0) is 24.6 Å². The highest BCUT2D eigenvalue weighted by Gasteiger charge is 2.11. The van der Waals surface area contributed by atoms with Crippen LogP contribution >= 0.6 is 0 Å². The average Bonchev–Trinajstić information content (AvgIpc) is 3.05. The number of halogens is 1. The van der Waals surface area contributed by atoms with Crippen molar-refractivity contribution in [2.75, 3.05) is 18.4 Å². The van der Waals surface area contributed by atoms with Crippen molar-refractivity contribution >= 4 is 15.8 Å². The van der Waals surface area contributed by atoms with Crippen LogP contribution in [0.25, 0.3) is 5.82 Å². The highest BCUT2D eigenvalue weighted by molar-refractivity contribution is 7.88. The van der Waals surface area contributed by atoms with E-state index >= 15 is 0 Å². The molecule has 0 spiro atoms. The van der Waals surface area contributed by atoms with Gasteiger partial charge in [0.15, 0.2) is 0 Å². The van der Waals surface area contributed by atoms with E-state index in [1.54, 1.807) is 24.5 Å². The largest absolute Gasteiger partial charge is 0.369 e. The summed E-state index contributed by atoms with van der Waals surface area (Å²) < 4.78 is 41.6. The van der Waals surface area contributed by atoms with Gasteiger partial charge in [0.05, 0.1) is 5.75 Å². The fourth-order valence-corrected chi connectivity index (χ4v) is 3.62. The zero-order valence-electron chi connectivity index (χ0n) is 14.6. The first-order valence-corrected chi connectivity index (χ1v) is 9.86. The summed E-state index contributed by atoms with van der Waals surface area (Å²) in [6.07, 6.45) is 4.89. The van der Waals surface area contributed by atoms with Gasteiger partial charge >= 0.3 is 0 Å². The Balaban J connectivity index is 1.52. The molecule has 3 aromatic rings. The maximum atomic E-state index is 13.2. The van der Waals surface area contributed by atoms with Gasteiger partial charge in [-0.25, -0.2) is 32.5 Å². The molecule has 0 bridgehead atoms. The highest BCUT2D eigenvalue weighted by Crippen LogP contribution is 2.11. The first kappa shape index (κ1) is 18.9. The molecule has 0 saturated carbocycles. The zero-order valence-corrected chi connectivity index (χ0v) is 15.4. The summed E-state index contributed by atoms with van der Waals surface area (Å²) in [6, 6.07) is 7.28. The topological polar surface area (TPSA) is 102 Å². The minimum absolute atomic E-state index is 0.168. The second kappa shape index (κ2) is 8.23. The number of imidazole rings is 1. The van der Waals surface area contributed by atoms with Crippen molar-refractivity contribution in [1.82, 2.24) is 24.2 Å². The lowest BCUT2D eigenvalue weighted by Gasteiger charge is -2.10. The number of nitrogens with zero attached hydrogens (tertiary/aromatic N) is 4. The number of rotatable bonds is 8. The molecule has 27 heavy (non-hydrogen) atoms. The van der Waals surface area contributed by atoms with Gasteiger partial charge in [0.2, 0.25) is 10.0 Å². The molecule has 0 fully saturated rings. The van der Waals surface area contributed by atoms with E-state index in [0.29, 0.717) is 23.7 Å². The quantitative estimate of drug-likeness (QED) is 0.567. The van der Waals surface area contributed by atoms with Crippen molar-refractivity contribution in [3.8, 4) is 5.82 Å². The lowest BCUT2D eigenvalue weighted by atomic mass is 10.2. The minimum Gasteiger partial charge on any atom is -0.369 e. The standard InChI is InChI=1S/C17H19FN6O2S/c1-13-19-7-8-24(13)17-10-16(21-12-22-17)20-5-6-23-27(25,26)11-14-3-2-4-15(18)9-14/h2-4,7-10,12,23H,5-6,11H2,1H3,(H,20,21,22). The normalized spacial score (nSPS) is 11.5. The molecule has 0 atom stereocenters. The molecule has 0 unspecified atom stereocenters. The van der Waals surface area contributed by atoms with Crippen LogP contribution in [0.1, 0.15) is 11.4 Å². The third-order valence-electron chi connectivity index (χ3n) is 3.72. The van der Waals surface area contributed by atoms with Gasteiger partial charge in [-0.2, -0.15) is 0 Å². The second-order valence-corrected chi connectivity index (χ2v) is 7.62. The lowest BCUT2D eigenvalue weighted by Crippen LogP contribution is -2.30. The Labute approximate surface area is 156 Å². The van der Waals surface area contributed by atoms with Crippen LogP contribution in [0.4, 0.5) is 10.2 Å². The number of hydrogen-bond donors (Lipinski definition) is 2. The fourth-order valence-electron chi connectivity index (χ4n) is 2.49. The van der Waals surface area contributed by atoms with Crippen LogP contribution in [0.5, 0.6) is 0 Å². The Morgan fingerprint density at radius 1 is 1.15 bits per heavy atom. The summed E-state index contributed by atoms with van der Waals surface area (Å²) in [6.45, 7) is 2.37. The van der Waals surface area contributed by atoms with Gasteiger partial charge in [-0.3, -0.25) is 4.57 Å². The summed E-state index contributed by atoms with van der Waals surface area (Å²) in [5.74, 6) is 1.29. The van der Waals surface area contributed by atoms with E-state index in [2.05, 4.69) is 25.0 Å². The Morgan fingerprint density at radius 3 is 2.74 bits per heavy atom. The summed E-state index contributed by atoms with van der Waals surface area (Å²) in [5, 5.41) is 3.04. The monoisotopic (exact) mass is 390 g/mol. The highest BCUT2D eigenvalue weighted by atomic mass is 32.2. The third-order valence-corrected chi connectivity index (χ3v) is 5.08. The SMILES string of the molecule is Cc1nccn1-c1cc(NCCNS(=O)(=O)Cc2cccc(F)c2)ncn1. The zero-order chi connectivity index (χ0) is 19.3. The molecule has 0 saturated heterocycles. The van der Waals surface area contributed by atoms with Crippen LogP contribution in [-0.4, -0.2) is 41.0 Å². The molecule has 2 N–H and O–H groups in total.